The van der Waals surface area contributed by atoms with Gasteiger partial charge in [-0.25, -0.2) is 4.98 Å². The second-order valence-electron chi connectivity index (χ2n) is 8.46. The Hall–Kier alpha value is -3.35. The molecule has 2 aromatic carbocycles. The highest BCUT2D eigenvalue weighted by molar-refractivity contribution is 5.96. The van der Waals surface area contributed by atoms with Gasteiger partial charge in [0, 0.05) is 26.1 Å². The normalized spacial score (nSPS) is 14.2. The molecule has 1 saturated heterocycles. The molecule has 0 aliphatic carbocycles. The van der Waals surface area contributed by atoms with Crippen molar-refractivity contribution in [3.63, 3.8) is 0 Å². The summed E-state index contributed by atoms with van der Waals surface area (Å²) in [5.74, 6) is 1.44. The van der Waals surface area contributed by atoms with Gasteiger partial charge in [-0.2, -0.15) is 0 Å². The molecule has 4 rings (SSSR count). The molecule has 0 bridgehead atoms. The second kappa shape index (κ2) is 11.0. The molecule has 1 aliphatic rings. The van der Waals surface area contributed by atoms with Gasteiger partial charge in [0.15, 0.2) is 0 Å². The minimum Gasteiger partial charge on any atom is -0.496 e. The maximum atomic E-state index is 13.1. The van der Waals surface area contributed by atoms with Gasteiger partial charge < -0.3 is 19.5 Å². The zero-order valence-corrected chi connectivity index (χ0v) is 19.3. The molecule has 2 amide bonds. The van der Waals surface area contributed by atoms with Crippen molar-refractivity contribution in [2.45, 2.75) is 45.1 Å². The lowest BCUT2D eigenvalue weighted by Gasteiger charge is -2.21. The highest BCUT2D eigenvalue weighted by Crippen LogP contribution is 2.19. The van der Waals surface area contributed by atoms with Crippen LogP contribution in [0.5, 0.6) is 5.75 Å². The van der Waals surface area contributed by atoms with Crippen molar-refractivity contribution in [2.24, 2.45) is 0 Å². The smallest absolute Gasteiger partial charge is 0.255 e. The number of benzene rings is 2. The van der Waals surface area contributed by atoms with Crippen LogP contribution in [0.4, 0.5) is 0 Å². The van der Waals surface area contributed by atoms with E-state index >= 15 is 0 Å². The first-order chi connectivity index (χ1) is 16.2. The number of nitrogens with zero attached hydrogens (tertiary/aromatic N) is 3. The molecule has 7 heteroatoms. The van der Waals surface area contributed by atoms with Gasteiger partial charge in [-0.05, 0) is 43.5 Å². The van der Waals surface area contributed by atoms with Crippen LogP contribution in [0.25, 0.3) is 11.0 Å². The summed E-state index contributed by atoms with van der Waals surface area (Å²) in [4.78, 5) is 32.4. The number of ether oxygens (including phenoxy) is 1. The summed E-state index contributed by atoms with van der Waals surface area (Å²) in [6, 6.07) is 15.1. The molecule has 174 valence electrons. The van der Waals surface area contributed by atoms with E-state index in [0.717, 1.165) is 49.2 Å². The second-order valence-corrected chi connectivity index (χ2v) is 8.46. The number of para-hydroxylation sites is 3. The molecule has 1 aromatic heterocycles. The van der Waals surface area contributed by atoms with Gasteiger partial charge in [-0.3, -0.25) is 9.59 Å². The van der Waals surface area contributed by atoms with Crippen LogP contribution < -0.4 is 10.1 Å². The number of hydrogen-bond acceptors (Lipinski definition) is 4. The fourth-order valence-corrected chi connectivity index (χ4v) is 4.42. The van der Waals surface area contributed by atoms with Crippen molar-refractivity contribution in [2.75, 3.05) is 26.7 Å². The molecule has 1 fully saturated rings. The first-order valence-corrected chi connectivity index (χ1v) is 11.8. The van der Waals surface area contributed by atoms with E-state index in [1.54, 1.807) is 19.2 Å². The van der Waals surface area contributed by atoms with E-state index in [9.17, 15) is 9.59 Å². The number of methoxy groups -OCH3 is 1. The average molecular weight is 449 g/mol. The number of likely N-dealkylation sites (tertiary alicyclic amines) is 1. The Labute approximate surface area is 194 Å². The quantitative estimate of drug-likeness (QED) is 0.532. The molecule has 3 aromatic rings. The maximum Gasteiger partial charge on any atom is 0.255 e. The van der Waals surface area contributed by atoms with Crippen molar-refractivity contribution in [3.05, 3.63) is 59.9 Å². The lowest BCUT2D eigenvalue weighted by Crippen LogP contribution is -2.35. The van der Waals surface area contributed by atoms with E-state index in [2.05, 4.69) is 5.32 Å². The van der Waals surface area contributed by atoms with E-state index in [1.807, 2.05) is 45.9 Å². The molecule has 0 unspecified atom stereocenters. The van der Waals surface area contributed by atoms with E-state index in [4.69, 9.17) is 9.72 Å². The topological polar surface area (TPSA) is 76.5 Å². The minimum atomic E-state index is -0.155. The van der Waals surface area contributed by atoms with Crippen LogP contribution in [0.2, 0.25) is 0 Å². The number of amides is 2. The largest absolute Gasteiger partial charge is 0.496 e. The fourth-order valence-electron chi connectivity index (χ4n) is 4.42. The number of rotatable bonds is 8. The number of aryl methyl sites for hydroxylation is 1. The number of aromatic nitrogens is 2. The number of carbonyl (C=O) groups excluding carboxylic acids is 2. The van der Waals surface area contributed by atoms with E-state index in [0.29, 0.717) is 30.8 Å². The molecule has 0 atom stereocenters. The Morgan fingerprint density at radius 2 is 1.73 bits per heavy atom. The third-order valence-electron chi connectivity index (χ3n) is 6.20. The van der Waals surface area contributed by atoms with Crippen LogP contribution >= 0.6 is 0 Å². The first-order valence-electron chi connectivity index (χ1n) is 11.8. The van der Waals surface area contributed by atoms with Crippen molar-refractivity contribution in [3.8, 4) is 5.75 Å². The molecule has 1 aliphatic heterocycles. The minimum absolute atomic E-state index is 0.155. The van der Waals surface area contributed by atoms with Gasteiger partial charge in [0.25, 0.3) is 5.91 Å². The van der Waals surface area contributed by atoms with Gasteiger partial charge >= 0.3 is 0 Å². The number of carbonyl (C=O) groups is 2. The molecule has 2 heterocycles. The van der Waals surface area contributed by atoms with Crippen LogP contribution in [0.15, 0.2) is 48.5 Å². The van der Waals surface area contributed by atoms with Crippen molar-refractivity contribution < 1.29 is 14.3 Å². The van der Waals surface area contributed by atoms with Gasteiger partial charge in [0.05, 0.1) is 23.7 Å². The predicted molar refractivity (Wildman–Crippen MR) is 128 cm³/mol. The Bertz CT molecular complexity index is 1100. The fraction of sp³-hybridized carbons (Fsp3) is 0.423. The van der Waals surface area contributed by atoms with Crippen LogP contribution in [-0.2, 0) is 17.8 Å². The summed E-state index contributed by atoms with van der Waals surface area (Å²) < 4.78 is 7.32. The summed E-state index contributed by atoms with van der Waals surface area (Å²) in [5, 5.41) is 2.97. The Balaban J connectivity index is 1.41. The SMILES string of the molecule is COc1ccccc1C(=O)NCCCc1nc2ccccc2n1CC(=O)N1CCCCCC1. The highest BCUT2D eigenvalue weighted by atomic mass is 16.5. The average Bonchev–Trinajstić information content (AvgIpc) is 3.01. The molecule has 1 N–H and O–H groups in total. The van der Waals surface area contributed by atoms with Crippen molar-refractivity contribution >= 4 is 22.8 Å². The van der Waals surface area contributed by atoms with E-state index in [1.165, 1.54) is 12.8 Å². The molecule has 33 heavy (non-hydrogen) atoms. The molecule has 0 radical (unpaired) electrons. The summed E-state index contributed by atoms with van der Waals surface area (Å²) in [7, 11) is 1.56. The highest BCUT2D eigenvalue weighted by Gasteiger charge is 2.19. The number of hydrogen-bond donors (Lipinski definition) is 1. The third kappa shape index (κ3) is 5.53. The summed E-state index contributed by atoms with van der Waals surface area (Å²) >= 11 is 0. The van der Waals surface area contributed by atoms with Crippen molar-refractivity contribution in [1.29, 1.82) is 0 Å². The Morgan fingerprint density at radius 1 is 1.00 bits per heavy atom. The number of nitrogens with one attached hydrogen (secondary N) is 1. The summed E-state index contributed by atoms with van der Waals surface area (Å²) in [6.45, 7) is 2.51. The molecule has 0 saturated carbocycles. The number of imidazole rings is 1. The summed E-state index contributed by atoms with van der Waals surface area (Å²) in [6.07, 6.45) is 5.95. The standard InChI is InChI=1S/C26H32N4O3/c1-33-23-14-7-4-11-20(23)26(32)27-16-10-15-24-28-21-12-5-6-13-22(21)30(24)19-25(31)29-17-8-2-3-9-18-29/h4-7,11-14H,2-3,8-10,15-19H2,1H3,(H,27,32). The monoisotopic (exact) mass is 448 g/mol. The maximum absolute atomic E-state index is 13.1. The molecule has 7 nitrogen and oxygen atoms in total. The van der Waals surface area contributed by atoms with Crippen LogP contribution in [0.1, 0.15) is 48.3 Å². The first kappa shape index (κ1) is 22.8. The van der Waals surface area contributed by atoms with Crippen LogP contribution in [-0.4, -0.2) is 53.0 Å². The Kier molecular flexibility index (Phi) is 7.60. The predicted octanol–water partition coefficient (Wildman–Crippen LogP) is 3.81. The lowest BCUT2D eigenvalue weighted by molar-refractivity contribution is -0.131. The van der Waals surface area contributed by atoms with Crippen molar-refractivity contribution in [1.82, 2.24) is 19.8 Å². The van der Waals surface area contributed by atoms with E-state index < -0.39 is 0 Å². The lowest BCUT2D eigenvalue weighted by atomic mass is 10.2. The third-order valence-corrected chi connectivity index (χ3v) is 6.20. The zero-order valence-electron chi connectivity index (χ0n) is 19.3. The van der Waals surface area contributed by atoms with Gasteiger partial charge in [-0.1, -0.05) is 37.1 Å². The number of fused-ring (bicyclic) bond motifs is 1. The van der Waals surface area contributed by atoms with Gasteiger partial charge in [-0.15, -0.1) is 0 Å². The molecular weight excluding hydrogens is 416 g/mol. The summed E-state index contributed by atoms with van der Waals surface area (Å²) in [5.41, 5.74) is 2.40. The zero-order chi connectivity index (χ0) is 23.0. The van der Waals surface area contributed by atoms with Crippen LogP contribution in [0, 0.1) is 0 Å². The Morgan fingerprint density at radius 3 is 2.52 bits per heavy atom. The van der Waals surface area contributed by atoms with Crippen LogP contribution in [0.3, 0.4) is 0 Å². The van der Waals surface area contributed by atoms with Gasteiger partial charge in [0.2, 0.25) is 5.91 Å². The molecule has 0 spiro atoms. The van der Waals surface area contributed by atoms with E-state index in [-0.39, 0.29) is 11.8 Å². The molecular formula is C26H32N4O3. The van der Waals surface area contributed by atoms with Gasteiger partial charge in [0.1, 0.15) is 18.1 Å².